The summed E-state index contributed by atoms with van der Waals surface area (Å²) in [5, 5.41) is 2.85. The Morgan fingerprint density at radius 1 is 1.50 bits per heavy atom. The largest absolute Gasteiger partial charge is 0.459 e. The summed E-state index contributed by atoms with van der Waals surface area (Å²) >= 11 is 0. The van der Waals surface area contributed by atoms with Gasteiger partial charge in [0.2, 0.25) is 0 Å². The normalized spacial score (nSPS) is 10.9. The maximum Gasteiger partial charge on any atom is 0.325 e. The third-order valence-corrected chi connectivity index (χ3v) is 1.62. The van der Waals surface area contributed by atoms with E-state index in [9.17, 15) is 4.79 Å². The number of nitrogen functional groups attached to an aromatic ring is 1. The van der Waals surface area contributed by atoms with Crippen molar-refractivity contribution in [2.45, 2.75) is 26.4 Å². The molecule has 0 aliphatic heterocycles. The molecule has 0 saturated heterocycles. The van der Waals surface area contributed by atoms with E-state index in [1.807, 2.05) is 20.8 Å². The van der Waals surface area contributed by atoms with Gasteiger partial charge in [-0.1, -0.05) is 0 Å². The number of esters is 1. The lowest BCUT2D eigenvalue weighted by molar-refractivity contribution is -0.152. The van der Waals surface area contributed by atoms with Gasteiger partial charge in [-0.3, -0.25) is 4.79 Å². The van der Waals surface area contributed by atoms with Crippen LogP contribution < -0.4 is 11.1 Å². The smallest absolute Gasteiger partial charge is 0.325 e. The fourth-order valence-corrected chi connectivity index (χ4v) is 1.05. The Bertz CT molecular complexity index is 354. The van der Waals surface area contributed by atoms with Crippen LogP contribution in [-0.4, -0.2) is 23.1 Å². The number of carbonyl (C=O) groups excluding carboxylic acids is 1. The van der Waals surface area contributed by atoms with Gasteiger partial charge < -0.3 is 15.8 Å². The highest BCUT2D eigenvalue weighted by molar-refractivity contribution is 5.75. The SMILES string of the molecule is CC(C)(C)OC(=O)CNc1ccc(N)cn1. The molecule has 0 aromatic carbocycles. The monoisotopic (exact) mass is 223 g/mol. The summed E-state index contributed by atoms with van der Waals surface area (Å²) in [5.41, 5.74) is 5.60. The molecule has 1 rings (SSSR count). The number of nitrogens with two attached hydrogens (primary N) is 1. The van der Waals surface area contributed by atoms with Crippen LogP contribution in [0.1, 0.15) is 20.8 Å². The van der Waals surface area contributed by atoms with Gasteiger partial charge in [0.1, 0.15) is 18.0 Å². The molecule has 16 heavy (non-hydrogen) atoms. The molecule has 0 unspecified atom stereocenters. The van der Waals surface area contributed by atoms with Crippen molar-refractivity contribution >= 4 is 17.5 Å². The topological polar surface area (TPSA) is 77.2 Å². The number of nitrogens with one attached hydrogen (secondary N) is 1. The van der Waals surface area contributed by atoms with Gasteiger partial charge in [-0.25, -0.2) is 4.98 Å². The second-order valence-electron chi connectivity index (χ2n) is 4.42. The van der Waals surface area contributed by atoms with Gasteiger partial charge in [0.05, 0.1) is 11.9 Å². The minimum atomic E-state index is -0.465. The van der Waals surface area contributed by atoms with Gasteiger partial charge in [-0.15, -0.1) is 0 Å². The molecule has 0 spiro atoms. The Morgan fingerprint density at radius 3 is 2.69 bits per heavy atom. The molecule has 5 nitrogen and oxygen atoms in total. The fraction of sp³-hybridized carbons (Fsp3) is 0.455. The van der Waals surface area contributed by atoms with Gasteiger partial charge in [0.25, 0.3) is 0 Å². The molecule has 0 aliphatic rings. The van der Waals surface area contributed by atoms with Crippen LogP contribution in [0.15, 0.2) is 18.3 Å². The number of hydrogen-bond acceptors (Lipinski definition) is 5. The van der Waals surface area contributed by atoms with Crippen LogP contribution in [0.2, 0.25) is 0 Å². The van der Waals surface area contributed by atoms with E-state index in [1.54, 1.807) is 12.1 Å². The minimum absolute atomic E-state index is 0.0915. The molecular weight excluding hydrogens is 206 g/mol. The number of anilines is 2. The number of rotatable bonds is 3. The lowest BCUT2D eigenvalue weighted by Gasteiger charge is -2.19. The lowest BCUT2D eigenvalue weighted by Crippen LogP contribution is -2.28. The predicted molar refractivity (Wildman–Crippen MR) is 63.0 cm³/mol. The molecule has 88 valence electrons. The van der Waals surface area contributed by atoms with Crippen molar-refractivity contribution in [2.75, 3.05) is 17.6 Å². The molecule has 0 aliphatic carbocycles. The molecule has 0 atom stereocenters. The summed E-state index contributed by atoms with van der Waals surface area (Å²) in [6, 6.07) is 3.42. The van der Waals surface area contributed by atoms with Crippen molar-refractivity contribution < 1.29 is 9.53 Å². The predicted octanol–water partition coefficient (Wildman–Crippen LogP) is 1.42. The van der Waals surface area contributed by atoms with Crippen LogP contribution in [0.25, 0.3) is 0 Å². The zero-order valence-electron chi connectivity index (χ0n) is 9.78. The highest BCUT2D eigenvalue weighted by atomic mass is 16.6. The van der Waals surface area contributed by atoms with E-state index < -0.39 is 5.60 Å². The number of ether oxygens (including phenoxy) is 1. The Labute approximate surface area is 95.0 Å². The molecule has 1 aromatic heterocycles. The van der Waals surface area contributed by atoms with Crippen LogP contribution in [0.5, 0.6) is 0 Å². The van der Waals surface area contributed by atoms with Gasteiger partial charge in [0.15, 0.2) is 0 Å². The first-order chi connectivity index (χ1) is 7.37. The molecular formula is C11H17N3O2. The fourth-order valence-electron chi connectivity index (χ4n) is 1.05. The molecule has 0 radical (unpaired) electrons. The van der Waals surface area contributed by atoms with Crippen molar-refractivity contribution in [3.63, 3.8) is 0 Å². The summed E-state index contributed by atoms with van der Waals surface area (Å²) in [6.45, 7) is 5.57. The zero-order chi connectivity index (χ0) is 12.2. The molecule has 0 bridgehead atoms. The molecule has 1 aromatic rings. The van der Waals surface area contributed by atoms with E-state index in [1.165, 1.54) is 6.20 Å². The van der Waals surface area contributed by atoms with Crippen LogP contribution in [-0.2, 0) is 9.53 Å². The van der Waals surface area contributed by atoms with Crippen molar-refractivity contribution in [1.29, 1.82) is 0 Å². The van der Waals surface area contributed by atoms with Crippen LogP contribution in [0.3, 0.4) is 0 Å². The molecule has 1 heterocycles. The third-order valence-electron chi connectivity index (χ3n) is 1.62. The third kappa shape index (κ3) is 4.63. The van der Waals surface area contributed by atoms with E-state index >= 15 is 0 Å². The van der Waals surface area contributed by atoms with Gasteiger partial charge in [-0.05, 0) is 32.9 Å². The first-order valence-electron chi connectivity index (χ1n) is 5.04. The first kappa shape index (κ1) is 12.3. The van der Waals surface area contributed by atoms with Crippen LogP contribution in [0, 0.1) is 0 Å². The van der Waals surface area contributed by atoms with Gasteiger partial charge >= 0.3 is 5.97 Å². The van der Waals surface area contributed by atoms with E-state index in [4.69, 9.17) is 10.5 Å². The van der Waals surface area contributed by atoms with Crippen molar-refractivity contribution in [3.8, 4) is 0 Å². The summed E-state index contributed by atoms with van der Waals surface area (Å²) in [5.74, 6) is 0.284. The number of aromatic nitrogens is 1. The van der Waals surface area contributed by atoms with E-state index in [0.29, 0.717) is 11.5 Å². The average molecular weight is 223 g/mol. The van der Waals surface area contributed by atoms with E-state index in [0.717, 1.165) is 0 Å². The van der Waals surface area contributed by atoms with Gasteiger partial charge in [0, 0.05) is 0 Å². The highest BCUT2D eigenvalue weighted by Gasteiger charge is 2.15. The second kappa shape index (κ2) is 4.83. The van der Waals surface area contributed by atoms with Crippen molar-refractivity contribution in [1.82, 2.24) is 4.98 Å². The Balaban J connectivity index is 2.40. The number of nitrogens with zero attached hydrogens (tertiary/aromatic N) is 1. The molecule has 0 saturated carbocycles. The van der Waals surface area contributed by atoms with Crippen molar-refractivity contribution in [3.05, 3.63) is 18.3 Å². The van der Waals surface area contributed by atoms with E-state index in [-0.39, 0.29) is 12.5 Å². The molecule has 0 fully saturated rings. The van der Waals surface area contributed by atoms with Crippen LogP contribution >= 0.6 is 0 Å². The Kier molecular flexibility index (Phi) is 3.71. The number of pyridine rings is 1. The minimum Gasteiger partial charge on any atom is -0.459 e. The first-order valence-corrected chi connectivity index (χ1v) is 5.04. The maximum absolute atomic E-state index is 11.4. The second-order valence-corrected chi connectivity index (χ2v) is 4.42. The highest BCUT2D eigenvalue weighted by Crippen LogP contribution is 2.08. The Hall–Kier alpha value is -1.78. The lowest BCUT2D eigenvalue weighted by atomic mass is 10.2. The van der Waals surface area contributed by atoms with Crippen molar-refractivity contribution in [2.24, 2.45) is 0 Å². The van der Waals surface area contributed by atoms with Crippen LogP contribution in [0.4, 0.5) is 11.5 Å². The molecule has 0 amide bonds. The standard InChI is InChI=1S/C11H17N3O2/c1-11(2,3)16-10(15)7-14-9-5-4-8(12)6-13-9/h4-6H,7,12H2,1-3H3,(H,13,14). The average Bonchev–Trinajstić information content (AvgIpc) is 2.14. The number of hydrogen-bond donors (Lipinski definition) is 2. The summed E-state index contributed by atoms with van der Waals surface area (Å²) in [4.78, 5) is 15.4. The quantitative estimate of drug-likeness (QED) is 0.758. The van der Waals surface area contributed by atoms with E-state index in [2.05, 4.69) is 10.3 Å². The maximum atomic E-state index is 11.4. The van der Waals surface area contributed by atoms with Gasteiger partial charge in [-0.2, -0.15) is 0 Å². The Morgan fingerprint density at radius 2 is 2.19 bits per heavy atom. The summed E-state index contributed by atoms with van der Waals surface area (Å²) in [7, 11) is 0. The summed E-state index contributed by atoms with van der Waals surface area (Å²) in [6.07, 6.45) is 1.53. The molecule has 3 N–H and O–H groups in total. The number of carbonyl (C=O) groups is 1. The summed E-state index contributed by atoms with van der Waals surface area (Å²) < 4.78 is 5.13. The zero-order valence-corrected chi connectivity index (χ0v) is 9.78. The molecule has 5 heteroatoms.